The predicted octanol–water partition coefficient (Wildman–Crippen LogP) is 0.392. The highest BCUT2D eigenvalue weighted by atomic mass is 16.2. The van der Waals surface area contributed by atoms with Gasteiger partial charge in [-0.15, -0.1) is 5.10 Å². The monoisotopic (exact) mass is 289 g/mol. The Kier molecular flexibility index (Phi) is 5.28. The van der Waals surface area contributed by atoms with Gasteiger partial charge in [0.2, 0.25) is 5.82 Å². The molecule has 3 N–H and O–H groups in total. The van der Waals surface area contributed by atoms with Crippen molar-refractivity contribution in [3.05, 3.63) is 56.7 Å². The third-order valence-corrected chi connectivity index (χ3v) is 3.02. The lowest BCUT2D eigenvalue weighted by molar-refractivity contribution is 0.325. The molecule has 0 aliphatic heterocycles. The Labute approximate surface area is 122 Å². The Balaban J connectivity index is 1.72. The molecule has 0 saturated heterocycles. The van der Waals surface area contributed by atoms with Crippen LogP contribution in [0.25, 0.3) is 0 Å². The first-order valence-corrected chi connectivity index (χ1v) is 6.80. The van der Waals surface area contributed by atoms with Gasteiger partial charge < -0.3 is 10.2 Å². The number of H-pyrrole nitrogens is 2. The molecule has 0 fully saturated rings. The smallest absolute Gasteiger partial charge is 0.342 e. The molecule has 2 aromatic rings. The molecule has 2 rings (SSSR count). The number of benzene rings is 1. The minimum Gasteiger partial charge on any atom is -0.364 e. The summed E-state index contributed by atoms with van der Waals surface area (Å²) in [6, 6.07) is 10.2. The van der Waals surface area contributed by atoms with Gasteiger partial charge >= 0.3 is 5.69 Å². The number of nitrogens with zero attached hydrogens (tertiary/aromatic N) is 2. The molecule has 0 saturated carbocycles. The van der Waals surface area contributed by atoms with Crippen molar-refractivity contribution in [2.75, 3.05) is 25.5 Å². The lowest BCUT2D eigenvalue weighted by Gasteiger charge is -2.16. The molecular weight excluding hydrogens is 270 g/mol. The van der Waals surface area contributed by atoms with E-state index >= 15 is 0 Å². The van der Waals surface area contributed by atoms with Crippen molar-refractivity contribution in [3.8, 4) is 0 Å². The molecule has 112 valence electrons. The minimum atomic E-state index is -0.604. The summed E-state index contributed by atoms with van der Waals surface area (Å²) in [5.74, 6) is 0.139. The number of anilines is 1. The van der Waals surface area contributed by atoms with E-state index in [-0.39, 0.29) is 5.82 Å². The maximum Gasteiger partial charge on any atom is 0.342 e. The van der Waals surface area contributed by atoms with Crippen LogP contribution in [0.2, 0.25) is 0 Å². The summed E-state index contributed by atoms with van der Waals surface area (Å²) in [6.45, 7) is 2.39. The SMILES string of the molecule is CN(CCCNc1n[nH]c(=O)[nH]c1=O)Cc1ccccc1. The van der Waals surface area contributed by atoms with Crippen molar-refractivity contribution in [3.63, 3.8) is 0 Å². The van der Waals surface area contributed by atoms with Crippen molar-refractivity contribution in [1.29, 1.82) is 0 Å². The fraction of sp³-hybridized carbons (Fsp3) is 0.357. The zero-order valence-corrected chi connectivity index (χ0v) is 11.9. The molecule has 21 heavy (non-hydrogen) atoms. The Morgan fingerprint density at radius 3 is 2.71 bits per heavy atom. The van der Waals surface area contributed by atoms with Crippen LogP contribution < -0.4 is 16.6 Å². The van der Waals surface area contributed by atoms with E-state index in [2.05, 4.69) is 44.6 Å². The zero-order chi connectivity index (χ0) is 15.1. The van der Waals surface area contributed by atoms with Crippen LogP contribution in [-0.4, -0.2) is 40.2 Å². The van der Waals surface area contributed by atoms with Gasteiger partial charge in [0.15, 0.2) is 0 Å². The fourth-order valence-corrected chi connectivity index (χ4v) is 2.00. The summed E-state index contributed by atoms with van der Waals surface area (Å²) in [6.07, 6.45) is 0.865. The average Bonchev–Trinajstić information content (AvgIpc) is 2.46. The molecule has 0 unspecified atom stereocenters. The van der Waals surface area contributed by atoms with Gasteiger partial charge in [0.25, 0.3) is 5.56 Å². The molecule has 0 aliphatic carbocycles. The lowest BCUT2D eigenvalue weighted by atomic mass is 10.2. The average molecular weight is 289 g/mol. The van der Waals surface area contributed by atoms with E-state index in [9.17, 15) is 9.59 Å². The number of hydrogen-bond donors (Lipinski definition) is 3. The standard InChI is InChI=1S/C14H19N5O2/c1-19(10-11-6-3-2-4-7-11)9-5-8-15-12-13(20)16-14(21)18-17-12/h2-4,6-7H,5,8-10H2,1H3,(H,15,17)(H2,16,18,20,21). The van der Waals surface area contributed by atoms with Gasteiger partial charge in [0.05, 0.1) is 0 Å². The lowest BCUT2D eigenvalue weighted by Crippen LogP contribution is -2.28. The first kappa shape index (κ1) is 15.0. The molecule has 0 atom stereocenters. The number of aromatic nitrogens is 3. The molecule has 0 amide bonds. The van der Waals surface area contributed by atoms with Crippen LogP contribution in [0.3, 0.4) is 0 Å². The van der Waals surface area contributed by atoms with Crippen molar-refractivity contribution < 1.29 is 0 Å². The Bertz CT molecular complexity index is 665. The van der Waals surface area contributed by atoms with E-state index in [0.717, 1.165) is 19.5 Å². The molecular formula is C14H19N5O2. The molecule has 1 aromatic heterocycles. The van der Waals surface area contributed by atoms with Crippen molar-refractivity contribution in [2.24, 2.45) is 0 Å². The largest absolute Gasteiger partial charge is 0.364 e. The van der Waals surface area contributed by atoms with Crippen molar-refractivity contribution in [1.82, 2.24) is 20.1 Å². The second-order valence-corrected chi connectivity index (χ2v) is 4.86. The molecule has 7 heteroatoms. The summed E-state index contributed by atoms with van der Waals surface area (Å²) in [5.41, 5.74) is 0.163. The van der Waals surface area contributed by atoms with Crippen molar-refractivity contribution >= 4 is 5.82 Å². The first-order valence-electron chi connectivity index (χ1n) is 6.80. The summed E-state index contributed by atoms with van der Waals surface area (Å²) in [5, 5.41) is 8.75. The van der Waals surface area contributed by atoms with Crippen LogP contribution in [-0.2, 0) is 6.54 Å². The van der Waals surface area contributed by atoms with Crippen molar-refractivity contribution in [2.45, 2.75) is 13.0 Å². The van der Waals surface area contributed by atoms with Crippen LogP contribution in [0, 0.1) is 0 Å². The summed E-state index contributed by atoms with van der Waals surface area (Å²) >= 11 is 0. The van der Waals surface area contributed by atoms with Crippen LogP contribution in [0.5, 0.6) is 0 Å². The molecule has 7 nitrogen and oxygen atoms in total. The number of hydrogen-bond acceptors (Lipinski definition) is 5. The number of rotatable bonds is 7. The van der Waals surface area contributed by atoms with E-state index in [0.29, 0.717) is 6.54 Å². The fourth-order valence-electron chi connectivity index (χ4n) is 2.00. The van der Waals surface area contributed by atoms with Gasteiger partial charge in [0.1, 0.15) is 0 Å². The summed E-state index contributed by atoms with van der Waals surface area (Å²) in [7, 11) is 2.05. The number of nitrogens with one attached hydrogen (secondary N) is 3. The van der Waals surface area contributed by atoms with Crippen LogP contribution >= 0.6 is 0 Å². The van der Waals surface area contributed by atoms with Gasteiger partial charge in [-0.2, -0.15) is 0 Å². The number of aromatic amines is 2. The van der Waals surface area contributed by atoms with Gasteiger partial charge in [-0.25, -0.2) is 9.89 Å². The highest BCUT2D eigenvalue weighted by Gasteiger charge is 2.02. The molecule has 1 aromatic carbocycles. The quantitative estimate of drug-likeness (QED) is 0.641. The van der Waals surface area contributed by atoms with Crippen LogP contribution in [0.4, 0.5) is 5.82 Å². The molecule has 0 spiro atoms. The summed E-state index contributed by atoms with van der Waals surface area (Å²) < 4.78 is 0. The molecule has 0 bridgehead atoms. The molecule has 0 aliphatic rings. The Morgan fingerprint density at radius 2 is 2.00 bits per heavy atom. The Hall–Kier alpha value is -2.41. The predicted molar refractivity (Wildman–Crippen MR) is 81.4 cm³/mol. The normalized spacial score (nSPS) is 10.8. The third kappa shape index (κ3) is 4.88. The van der Waals surface area contributed by atoms with Gasteiger partial charge in [-0.05, 0) is 25.6 Å². The topological polar surface area (TPSA) is 93.9 Å². The van der Waals surface area contributed by atoms with E-state index in [1.807, 2.05) is 18.2 Å². The third-order valence-electron chi connectivity index (χ3n) is 3.02. The van der Waals surface area contributed by atoms with E-state index in [1.54, 1.807) is 0 Å². The Morgan fingerprint density at radius 1 is 1.24 bits per heavy atom. The summed E-state index contributed by atoms with van der Waals surface area (Å²) in [4.78, 5) is 26.6. The van der Waals surface area contributed by atoms with E-state index < -0.39 is 11.2 Å². The highest BCUT2D eigenvalue weighted by molar-refractivity contribution is 5.28. The maximum absolute atomic E-state index is 11.4. The van der Waals surface area contributed by atoms with Gasteiger partial charge in [-0.3, -0.25) is 9.78 Å². The van der Waals surface area contributed by atoms with Gasteiger partial charge in [0, 0.05) is 13.1 Å². The highest BCUT2D eigenvalue weighted by Crippen LogP contribution is 2.02. The van der Waals surface area contributed by atoms with Crippen LogP contribution in [0.1, 0.15) is 12.0 Å². The van der Waals surface area contributed by atoms with Crippen LogP contribution in [0.15, 0.2) is 39.9 Å². The first-order chi connectivity index (χ1) is 10.1. The maximum atomic E-state index is 11.4. The second kappa shape index (κ2) is 7.39. The molecule has 1 heterocycles. The zero-order valence-electron chi connectivity index (χ0n) is 11.9. The van der Waals surface area contributed by atoms with E-state index in [1.165, 1.54) is 5.56 Å². The van der Waals surface area contributed by atoms with E-state index in [4.69, 9.17) is 0 Å². The van der Waals surface area contributed by atoms with Gasteiger partial charge in [-0.1, -0.05) is 30.3 Å². The second-order valence-electron chi connectivity index (χ2n) is 4.86. The minimum absolute atomic E-state index is 0.139. The molecule has 0 radical (unpaired) electrons.